The van der Waals surface area contributed by atoms with E-state index in [0.29, 0.717) is 15.4 Å². The highest BCUT2D eigenvalue weighted by atomic mass is 79.9. The Hall–Kier alpha value is 0.520. The summed E-state index contributed by atoms with van der Waals surface area (Å²) in [6.07, 6.45) is 0. The number of alkyl halides is 1. The van der Waals surface area contributed by atoms with Crippen molar-refractivity contribution in [1.29, 1.82) is 0 Å². The molecule has 0 fully saturated rings. The first-order chi connectivity index (χ1) is 5.57. The summed E-state index contributed by atoms with van der Waals surface area (Å²) in [4.78, 5) is 0. The van der Waals surface area contributed by atoms with E-state index in [4.69, 9.17) is 0 Å². The normalized spacial score (nSPS) is 10.4. The number of hydrogen-bond acceptors (Lipinski definition) is 0. The summed E-state index contributed by atoms with van der Waals surface area (Å²) < 4.78 is 26.5. The monoisotopic (exact) mass is 362 g/mol. The molecule has 0 aliphatic rings. The Bertz CT molecular complexity index is 312. The highest BCUT2D eigenvalue weighted by Gasteiger charge is 2.13. The molecule has 1 rings (SSSR count). The Morgan fingerprint density at radius 1 is 1.08 bits per heavy atom. The smallest absolute Gasteiger partial charge is 0.141 e. The fourth-order valence-electron chi connectivity index (χ4n) is 0.726. The van der Waals surface area contributed by atoms with Gasteiger partial charge >= 0.3 is 0 Å². The summed E-state index contributed by atoms with van der Waals surface area (Å²) in [7, 11) is 0. The fraction of sp³-hybridized carbons (Fsp3) is 0.143. The first kappa shape index (κ1) is 10.6. The van der Waals surface area contributed by atoms with Crippen LogP contribution >= 0.6 is 47.8 Å². The second kappa shape index (κ2) is 4.15. The van der Waals surface area contributed by atoms with Gasteiger partial charge in [-0.25, -0.2) is 8.78 Å². The standard InChI is InChI=1S/C7H3Br3F2/c8-2-3-4(11)1-5(12)7(10)6(3)9/h1H,2H2. The lowest BCUT2D eigenvalue weighted by molar-refractivity contribution is 0.570. The van der Waals surface area contributed by atoms with Crippen molar-refractivity contribution in [1.82, 2.24) is 0 Å². The van der Waals surface area contributed by atoms with Gasteiger partial charge in [-0.1, -0.05) is 15.9 Å². The van der Waals surface area contributed by atoms with E-state index in [-0.39, 0.29) is 4.47 Å². The van der Waals surface area contributed by atoms with Crippen molar-refractivity contribution in [2.24, 2.45) is 0 Å². The highest BCUT2D eigenvalue weighted by molar-refractivity contribution is 9.13. The third-order valence-electron chi connectivity index (χ3n) is 1.34. The first-order valence-corrected chi connectivity index (χ1v) is 5.66. The molecule has 0 aliphatic heterocycles. The van der Waals surface area contributed by atoms with Gasteiger partial charge in [0.25, 0.3) is 0 Å². The molecule has 0 heterocycles. The van der Waals surface area contributed by atoms with Crippen LogP contribution in [0.2, 0.25) is 0 Å². The molecular weight excluding hydrogens is 362 g/mol. The zero-order chi connectivity index (χ0) is 9.30. The van der Waals surface area contributed by atoms with E-state index in [0.717, 1.165) is 6.07 Å². The molecule has 0 aromatic heterocycles. The summed E-state index contributed by atoms with van der Waals surface area (Å²) in [5.41, 5.74) is 0.406. The van der Waals surface area contributed by atoms with Gasteiger partial charge in [-0.3, -0.25) is 0 Å². The van der Waals surface area contributed by atoms with Gasteiger partial charge in [0.05, 0.1) is 4.47 Å². The molecule has 0 unspecified atom stereocenters. The Morgan fingerprint density at radius 2 is 1.67 bits per heavy atom. The molecule has 0 atom stereocenters. The topological polar surface area (TPSA) is 0 Å². The van der Waals surface area contributed by atoms with Gasteiger partial charge in [-0.05, 0) is 31.9 Å². The lowest BCUT2D eigenvalue weighted by atomic mass is 10.2. The van der Waals surface area contributed by atoms with Crippen LogP contribution in [-0.2, 0) is 5.33 Å². The van der Waals surface area contributed by atoms with E-state index >= 15 is 0 Å². The Labute approximate surface area is 93.7 Å². The van der Waals surface area contributed by atoms with Gasteiger partial charge in [-0.15, -0.1) is 0 Å². The van der Waals surface area contributed by atoms with E-state index < -0.39 is 11.6 Å². The molecule has 0 bridgehead atoms. The Balaban J connectivity index is 3.40. The number of rotatable bonds is 1. The van der Waals surface area contributed by atoms with Crippen LogP contribution in [0.15, 0.2) is 15.0 Å². The predicted octanol–water partition coefficient (Wildman–Crippen LogP) is 4.38. The van der Waals surface area contributed by atoms with Crippen molar-refractivity contribution >= 4 is 47.8 Å². The van der Waals surface area contributed by atoms with Crippen LogP contribution in [-0.4, -0.2) is 0 Å². The Kier molecular flexibility index (Phi) is 3.67. The van der Waals surface area contributed by atoms with E-state index in [1.54, 1.807) is 0 Å². The van der Waals surface area contributed by atoms with E-state index in [9.17, 15) is 8.78 Å². The molecule has 0 saturated carbocycles. The maximum absolute atomic E-state index is 13.0. The van der Waals surface area contributed by atoms with Crippen molar-refractivity contribution in [3.8, 4) is 0 Å². The van der Waals surface area contributed by atoms with E-state index in [1.807, 2.05) is 0 Å². The van der Waals surface area contributed by atoms with Gasteiger partial charge in [0.2, 0.25) is 0 Å². The molecule has 12 heavy (non-hydrogen) atoms. The molecule has 0 nitrogen and oxygen atoms in total. The number of hydrogen-bond donors (Lipinski definition) is 0. The molecule has 0 aliphatic carbocycles. The molecule has 0 N–H and O–H groups in total. The molecule has 0 spiro atoms. The second-order valence-electron chi connectivity index (χ2n) is 2.08. The van der Waals surface area contributed by atoms with Gasteiger partial charge < -0.3 is 0 Å². The van der Waals surface area contributed by atoms with Gasteiger partial charge in [0.15, 0.2) is 0 Å². The summed E-state index contributed by atoms with van der Waals surface area (Å²) in [6.45, 7) is 0. The quantitative estimate of drug-likeness (QED) is 0.394. The van der Waals surface area contributed by atoms with Crippen LogP contribution in [0.4, 0.5) is 8.78 Å². The minimum atomic E-state index is -0.607. The first-order valence-electron chi connectivity index (χ1n) is 2.95. The van der Waals surface area contributed by atoms with Gasteiger partial charge in [0.1, 0.15) is 11.6 Å². The highest BCUT2D eigenvalue weighted by Crippen LogP contribution is 2.32. The minimum absolute atomic E-state index is 0.248. The third kappa shape index (κ3) is 1.88. The van der Waals surface area contributed by atoms with Crippen molar-refractivity contribution in [2.45, 2.75) is 5.33 Å². The SMILES string of the molecule is Fc1cc(F)c(CBr)c(Br)c1Br. The Morgan fingerprint density at radius 3 is 2.17 bits per heavy atom. The summed E-state index contributed by atoms with van der Waals surface area (Å²) in [5, 5.41) is 0.346. The van der Waals surface area contributed by atoms with Crippen LogP contribution in [0.3, 0.4) is 0 Å². The average Bonchev–Trinajstić information content (AvgIpc) is 2.01. The van der Waals surface area contributed by atoms with Crippen molar-refractivity contribution in [3.63, 3.8) is 0 Å². The minimum Gasteiger partial charge on any atom is -0.207 e. The van der Waals surface area contributed by atoms with Crippen LogP contribution in [0, 0.1) is 11.6 Å². The maximum Gasteiger partial charge on any atom is 0.141 e. The molecular formula is C7H3Br3F2. The van der Waals surface area contributed by atoms with Crippen molar-refractivity contribution < 1.29 is 8.78 Å². The number of halogens is 5. The summed E-state index contributed by atoms with van der Waals surface area (Å²) in [5.74, 6) is -1.16. The molecule has 1 aromatic carbocycles. The van der Waals surface area contributed by atoms with E-state index in [2.05, 4.69) is 47.8 Å². The number of benzene rings is 1. The van der Waals surface area contributed by atoms with Crippen molar-refractivity contribution in [2.75, 3.05) is 0 Å². The summed E-state index contributed by atoms with van der Waals surface area (Å²) >= 11 is 9.19. The molecule has 5 heteroatoms. The largest absolute Gasteiger partial charge is 0.207 e. The van der Waals surface area contributed by atoms with E-state index in [1.165, 1.54) is 0 Å². The molecule has 66 valence electrons. The molecule has 0 radical (unpaired) electrons. The third-order valence-corrected chi connectivity index (χ3v) is 4.09. The van der Waals surface area contributed by atoms with Gasteiger partial charge in [-0.2, -0.15) is 0 Å². The second-order valence-corrected chi connectivity index (χ2v) is 4.23. The van der Waals surface area contributed by atoms with Crippen LogP contribution in [0.5, 0.6) is 0 Å². The maximum atomic E-state index is 13.0. The zero-order valence-electron chi connectivity index (χ0n) is 5.67. The molecule has 0 saturated heterocycles. The van der Waals surface area contributed by atoms with Crippen LogP contribution in [0.1, 0.15) is 5.56 Å². The predicted molar refractivity (Wildman–Crippen MR) is 54.4 cm³/mol. The van der Waals surface area contributed by atoms with Crippen LogP contribution in [0.25, 0.3) is 0 Å². The molecule has 0 amide bonds. The fourth-order valence-corrected chi connectivity index (χ4v) is 2.52. The lowest BCUT2D eigenvalue weighted by Gasteiger charge is -2.05. The van der Waals surface area contributed by atoms with Crippen LogP contribution < -0.4 is 0 Å². The summed E-state index contributed by atoms with van der Waals surface area (Å²) in [6, 6.07) is 0.853. The van der Waals surface area contributed by atoms with Crippen molar-refractivity contribution in [3.05, 3.63) is 32.2 Å². The molecule has 1 aromatic rings. The lowest BCUT2D eigenvalue weighted by Crippen LogP contribution is -1.92. The average molecular weight is 365 g/mol. The van der Waals surface area contributed by atoms with Gasteiger partial charge in [0, 0.05) is 21.4 Å². The zero-order valence-corrected chi connectivity index (χ0v) is 10.4.